The number of aryl methyl sites for hydroxylation is 2. The highest BCUT2D eigenvalue weighted by Crippen LogP contribution is 2.19. The molecule has 1 aromatic carbocycles. The highest BCUT2D eigenvalue weighted by atomic mass is 32.2. The van der Waals surface area contributed by atoms with Crippen LogP contribution in [0.5, 0.6) is 0 Å². The highest BCUT2D eigenvalue weighted by molar-refractivity contribution is 8.06. The van der Waals surface area contributed by atoms with Crippen molar-refractivity contribution in [3.8, 4) is 0 Å². The molecule has 1 heterocycles. The molecule has 0 spiro atoms. The third-order valence-corrected chi connectivity index (χ3v) is 4.38. The lowest BCUT2D eigenvalue weighted by Crippen LogP contribution is -2.15. The molecule has 1 aliphatic heterocycles. The van der Waals surface area contributed by atoms with Gasteiger partial charge in [0.25, 0.3) is 9.84 Å². The van der Waals surface area contributed by atoms with Crippen LogP contribution in [0.25, 0.3) is 0 Å². The molecule has 92 valence electrons. The van der Waals surface area contributed by atoms with E-state index >= 15 is 0 Å². The van der Waals surface area contributed by atoms with Crippen LogP contribution in [-0.4, -0.2) is 26.8 Å². The van der Waals surface area contributed by atoms with Crippen molar-refractivity contribution >= 4 is 15.1 Å². The Kier molecular flexibility index (Phi) is 3.19. The Morgan fingerprint density at radius 3 is 2.76 bits per heavy atom. The second-order valence-corrected chi connectivity index (χ2v) is 5.77. The number of sulfone groups is 1. The van der Waals surface area contributed by atoms with Gasteiger partial charge >= 0.3 is 5.23 Å². The van der Waals surface area contributed by atoms with Crippen molar-refractivity contribution < 1.29 is 13.2 Å². The molecular formula is C12H15NO3S. The van der Waals surface area contributed by atoms with Gasteiger partial charge in [0.05, 0.1) is 11.4 Å². The fraction of sp³-hybridized carbons (Fsp3) is 0.417. The zero-order chi connectivity index (χ0) is 12.5. The van der Waals surface area contributed by atoms with Crippen molar-refractivity contribution in [2.24, 2.45) is 4.99 Å². The van der Waals surface area contributed by atoms with E-state index in [0.29, 0.717) is 13.2 Å². The van der Waals surface area contributed by atoms with Crippen LogP contribution in [0, 0.1) is 6.92 Å². The van der Waals surface area contributed by atoms with Gasteiger partial charge in [-0.2, -0.15) is 0 Å². The zero-order valence-electron chi connectivity index (χ0n) is 9.93. The number of ether oxygens (including phenoxy) is 1. The van der Waals surface area contributed by atoms with Crippen LogP contribution in [-0.2, 0) is 21.0 Å². The highest BCUT2D eigenvalue weighted by Gasteiger charge is 2.27. The Hall–Kier alpha value is -1.36. The van der Waals surface area contributed by atoms with Gasteiger partial charge in [-0.25, -0.2) is 13.4 Å². The van der Waals surface area contributed by atoms with Gasteiger partial charge in [0.2, 0.25) is 0 Å². The monoisotopic (exact) mass is 253 g/mol. The minimum absolute atomic E-state index is 0.150. The number of aliphatic imine (C=N–C) groups is 1. The fourth-order valence-electron chi connectivity index (χ4n) is 1.77. The van der Waals surface area contributed by atoms with E-state index in [2.05, 4.69) is 4.99 Å². The Morgan fingerprint density at radius 1 is 1.41 bits per heavy atom. The van der Waals surface area contributed by atoms with Gasteiger partial charge in [-0.05, 0) is 36.6 Å². The van der Waals surface area contributed by atoms with Crippen molar-refractivity contribution in [1.29, 1.82) is 0 Å². The summed E-state index contributed by atoms with van der Waals surface area (Å²) in [6, 6.07) is 5.13. The molecule has 0 atom stereocenters. The average molecular weight is 253 g/mol. The quantitative estimate of drug-likeness (QED) is 0.806. The third-order valence-electron chi connectivity index (χ3n) is 2.80. The van der Waals surface area contributed by atoms with Crippen molar-refractivity contribution in [3.63, 3.8) is 0 Å². The van der Waals surface area contributed by atoms with Crippen molar-refractivity contribution in [3.05, 3.63) is 29.3 Å². The first-order valence-corrected chi connectivity index (χ1v) is 7.06. The SMILES string of the molecule is CCc1cc(S(=O)(=O)C2=NCCO2)ccc1C. The standard InChI is InChI=1S/C12H15NO3S/c1-3-10-8-11(5-4-9(10)2)17(14,15)12-13-6-7-16-12/h4-5,8H,3,6-7H2,1-2H3. The summed E-state index contributed by atoms with van der Waals surface area (Å²) in [5, 5.41) is -0.150. The van der Waals surface area contributed by atoms with Gasteiger partial charge in [0.1, 0.15) is 6.61 Å². The van der Waals surface area contributed by atoms with Crippen LogP contribution in [0.15, 0.2) is 28.1 Å². The van der Waals surface area contributed by atoms with E-state index in [4.69, 9.17) is 4.74 Å². The second-order valence-electron chi connectivity index (χ2n) is 3.94. The summed E-state index contributed by atoms with van der Waals surface area (Å²) < 4.78 is 29.4. The van der Waals surface area contributed by atoms with Crippen LogP contribution in [0.4, 0.5) is 0 Å². The van der Waals surface area contributed by atoms with Crippen LogP contribution >= 0.6 is 0 Å². The summed E-state index contributed by atoms with van der Waals surface area (Å²) in [5.41, 5.74) is 2.13. The molecule has 5 heteroatoms. The molecule has 4 nitrogen and oxygen atoms in total. The normalized spacial score (nSPS) is 15.5. The van der Waals surface area contributed by atoms with Gasteiger partial charge < -0.3 is 4.74 Å². The fourth-order valence-corrected chi connectivity index (χ4v) is 3.02. The van der Waals surface area contributed by atoms with Gasteiger partial charge in [-0.3, -0.25) is 0 Å². The van der Waals surface area contributed by atoms with E-state index in [9.17, 15) is 8.42 Å². The van der Waals surface area contributed by atoms with Crippen LogP contribution < -0.4 is 0 Å². The lowest BCUT2D eigenvalue weighted by atomic mass is 10.1. The maximum atomic E-state index is 12.2. The summed E-state index contributed by atoms with van der Waals surface area (Å²) in [7, 11) is -3.56. The molecule has 1 aromatic rings. The predicted molar refractivity (Wildman–Crippen MR) is 66.0 cm³/mol. The summed E-state index contributed by atoms with van der Waals surface area (Å²) in [6.45, 7) is 4.74. The zero-order valence-corrected chi connectivity index (χ0v) is 10.8. The first-order valence-electron chi connectivity index (χ1n) is 5.57. The molecule has 0 bridgehead atoms. The molecule has 2 rings (SSSR count). The third kappa shape index (κ3) is 2.20. The Bertz CT molecular complexity index is 561. The topological polar surface area (TPSA) is 55.7 Å². The van der Waals surface area contributed by atoms with Crippen LogP contribution in [0.3, 0.4) is 0 Å². The second kappa shape index (κ2) is 4.49. The van der Waals surface area contributed by atoms with Crippen molar-refractivity contribution in [2.45, 2.75) is 25.2 Å². The first kappa shape index (κ1) is 12.1. The number of hydrogen-bond acceptors (Lipinski definition) is 4. The van der Waals surface area contributed by atoms with E-state index in [1.807, 2.05) is 19.9 Å². The van der Waals surface area contributed by atoms with Crippen molar-refractivity contribution in [2.75, 3.05) is 13.2 Å². The summed E-state index contributed by atoms with van der Waals surface area (Å²) in [6.07, 6.45) is 0.808. The van der Waals surface area contributed by atoms with Crippen LogP contribution in [0.2, 0.25) is 0 Å². The first-order chi connectivity index (χ1) is 8.05. The van der Waals surface area contributed by atoms with Crippen LogP contribution in [0.1, 0.15) is 18.1 Å². The molecule has 0 fully saturated rings. The molecule has 0 N–H and O–H groups in total. The molecular weight excluding hydrogens is 238 g/mol. The smallest absolute Gasteiger partial charge is 0.310 e. The van der Waals surface area contributed by atoms with Gasteiger partial charge in [-0.15, -0.1) is 0 Å². The summed E-state index contributed by atoms with van der Waals surface area (Å²) in [4.78, 5) is 4.13. The van der Waals surface area contributed by atoms with E-state index in [1.54, 1.807) is 12.1 Å². The number of hydrogen-bond donors (Lipinski definition) is 0. The minimum atomic E-state index is -3.56. The number of nitrogens with zero attached hydrogens (tertiary/aromatic N) is 1. The molecule has 0 amide bonds. The molecule has 0 saturated carbocycles. The van der Waals surface area contributed by atoms with Crippen molar-refractivity contribution in [1.82, 2.24) is 0 Å². The minimum Gasteiger partial charge on any atom is -0.467 e. The average Bonchev–Trinajstić information content (AvgIpc) is 2.83. The predicted octanol–water partition coefficient (Wildman–Crippen LogP) is 1.72. The molecule has 0 aromatic heterocycles. The maximum Gasteiger partial charge on any atom is 0.310 e. The lowest BCUT2D eigenvalue weighted by molar-refractivity contribution is 0.353. The maximum absolute atomic E-state index is 12.2. The summed E-state index contributed by atoms with van der Waals surface area (Å²) in [5.74, 6) is 0. The molecule has 0 radical (unpaired) electrons. The van der Waals surface area contributed by atoms with Gasteiger partial charge in [0, 0.05) is 0 Å². The van der Waals surface area contributed by atoms with Gasteiger partial charge in [0.15, 0.2) is 0 Å². The Labute approximate surface area is 101 Å². The van der Waals surface area contributed by atoms with E-state index in [1.165, 1.54) is 0 Å². The number of benzene rings is 1. The van der Waals surface area contributed by atoms with E-state index in [0.717, 1.165) is 17.5 Å². The Morgan fingerprint density at radius 2 is 2.18 bits per heavy atom. The Balaban J connectivity index is 2.46. The largest absolute Gasteiger partial charge is 0.467 e. The van der Waals surface area contributed by atoms with E-state index in [-0.39, 0.29) is 10.1 Å². The molecule has 1 aliphatic rings. The lowest BCUT2D eigenvalue weighted by Gasteiger charge is -2.08. The molecule has 0 aliphatic carbocycles. The molecule has 0 saturated heterocycles. The molecule has 17 heavy (non-hydrogen) atoms. The number of rotatable bonds is 2. The summed E-state index contributed by atoms with van der Waals surface area (Å²) >= 11 is 0. The molecule has 0 unspecified atom stereocenters. The van der Waals surface area contributed by atoms with E-state index < -0.39 is 9.84 Å². The van der Waals surface area contributed by atoms with Gasteiger partial charge in [-0.1, -0.05) is 13.0 Å².